The molecule has 1 aromatic carbocycles. The minimum Gasteiger partial charge on any atom is -0.320 e. The Kier molecular flexibility index (Phi) is 6.44. The van der Waals surface area contributed by atoms with E-state index in [1.54, 1.807) is 7.05 Å². The van der Waals surface area contributed by atoms with Gasteiger partial charge in [0.05, 0.1) is 0 Å². The van der Waals surface area contributed by atoms with Gasteiger partial charge in [-0.15, -0.1) is 0 Å². The van der Waals surface area contributed by atoms with Crippen LogP contribution in [-0.4, -0.2) is 39.9 Å². The molecule has 0 bridgehead atoms. The first-order chi connectivity index (χ1) is 8.95. The molecule has 5 nitrogen and oxygen atoms in total. The van der Waals surface area contributed by atoms with Crippen LogP contribution in [0.3, 0.4) is 0 Å². The lowest BCUT2D eigenvalue weighted by atomic mass is 10.1. The van der Waals surface area contributed by atoms with Gasteiger partial charge in [-0.1, -0.05) is 29.8 Å². The first kappa shape index (κ1) is 16.1. The van der Waals surface area contributed by atoms with Gasteiger partial charge in [-0.2, -0.15) is 17.4 Å². The Morgan fingerprint density at radius 3 is 2.68 bits per heavy atom. The number of rotatable bonds is 8. The fraction of sp³-hybridized carbons (Fsp3) is 0.538. The molecule has 108 valence electrons. The van der Waals surface area contributed by atoms with E-state index < -0.39 is 10.2 Å². The van der Waals surface area contributed by atoms with E-state index in [1.807, 2.05) is 38.2 Å². The van der Waals surface area contributed by atoms with E-state index in [0.717, 1.165) is 24.1 Å². The number of nitrogens with zero attached hydrogens (tertiary/aromatic N) is 1. The zero-order valence-electron chi connectivity index (χ0n) is 11.8. The molecule has 1 rings (SSSR count). The van der Waals surface area contributed by atoms with Gasteiger partial charge in [0.1, 0.15) is 0 Å². The van der Waals surface area contributed by atoms with Crippen LogP contribution in [0.1, 0.15) is 17.5 Å². The lowest BCUT2D eigenvalue weighted by molar-refractivity contribution is 0.447. The fourth-order valence-corrected chi connectivity index (χ4v) is 2.64. The minimum atomic E-state index is -3.40. The number of nitrogens with one attached hydrogen (secondary N) is 2. The Morgan fingerprint density at radius 1 is 1.32 bits per heavy atom. The molecule has 0 spiro atoms. The maximum absolute atomic E-state index is 12.0. The molecule has 0 aliphatic rings. The third-order valence-corrected chi connectivity index (χ3v) is 4.36. The predicted octanol–water partition coefficient (Wildman–Crippen LogP) is 0.871. The Hall–Kier alpha value is -0.950. The molecule has 1 aromatic rings. The SMILES string of the molecule is CNCCCN(C)S(=O)(=O)NCc1cccc(C)c1. The van der Waals surface area contributed by atoms with Gasteiger partial charge in [-0.3, -0.25) is 0 Å². The van der Waals surface area contributed by atoms with E-state index in [0.29, 0.717) is 13.1 Å². The van der Waals surface area contributed by atoms with Crippen LogP contribution in [0.4, 0.5) is 0 Å². The second-order valence-electron chi connectivity index (χ2n) is 4.59. The molecule has 2 N–H and O–H groups in total. The molecule has 0 radical (unpaired) electrons. The molecule has 0 amide bonds. The third kappa shape index (κ3) is 5.69. The first-order valence-electron chi connectivity index (χ1n) is 6.37. The maximum atomic E-state index is 12.0. The summed E-state index contributed by atoms with van der Waals surface area (Å²) in [6.45, 7) is 3.62. The third-order valence-electron chi connectivity index (χ3n) is 2.85. The molecule has 0 aliphatic carbocycles. The molecular formula is C13H23N3O2S. The summed E-state index contributed by atoms with van der Waals surface area (Å²) in [4.78, 5) is 0. The van der Waals surface area contributed by atoms with Crippen molar-refractivity contribution in [3.63, 3.8) is 0 Å². The van der Waals surface area contributed by atoms with Crippen LogP contribution in [0, 0.1) is 6.92 Å². The van der Waals surface area contributed by atoms with E-state index in [1.165, 1.54) is 4.31 Å². The number of hydrogen-bond donors (Lipinski definition) is 2. The van der Waals surface area contributed by atoms with Gasteiger partial charge in [0, 0.05) is 20.1 Å². The summed E-state index contributed by atoms with van der Waals surface area (Å²) in [6, 6.07) is 7.80. The van der Waals surface area contributed by atoms with E-state index in [9.17, 15) is 8.42 Å². The van der Waals surface area contributed by atoms with Gasteiger partial charge in [-0.05, 0) is 32.5 Å². The molecule has 0 aliphatic heterocycles. The molecule has 6 heteroatoms. The van der Waals surface area contributed by atoms with Crippen molar-refractivity contribution in [1.82, 2.24) is 14.3 Å². The summed E-state index contributed by atoms with van der Waals surface area (Å²) >= 11 is 0. The van der Waals surface area contributed by atoms with Crippen LogP contribution in [-0.2, 0) is 16.8 Å². The fourth-order valence-electron chi connectivity index (χ4n) is 1.71. The van der Waals surface area contributed by atoms with Crippen molar-refractivity contribution in [2.45, 2.75) is 19.9 Å². The number of aryl methyl sites for hydroxylation is 1. The molecule has 0 heterocycles. The largest absolute Gasteiger partial charge is 0.320 e. The van der Waals surface area contributed by atoms with E-state index >= 15 is 0 Å². The number of benzene rings is 1. The molecule has 0 atom stereocenters. The van der Waals surface area contributed by atoms with Gasteiger partial charge in [0.15, 0.2) is 0 Å². The average molecular weight is 285 g/mol. The Bertz CT molecular complexity index is 488. The summed E-state index contributed by atoms with van der Waals surface area (Å²) in [5.74, 6) is 0. The van der Waals surface area contributed by atoms with Gasteiger partial charge in [-0.25, -0.2) is 0 Å². The van der Waals surface area contributed by atoms with Crippen LogP contribution in [0.5, 0.6) is 0 Å². The highest BCUT2D eigenvalue weighted by Gasteiger charge is 2.16. The van der Waals surface area contributed by atoms with Gasteiger partial charge >= 0.3 is 0 Å². The van der Waals surface area contributed by atoms with Gasteiger partial charge < -0.3 is 5.32 Å². The molecule has 0 saturated carbocycles. The quantitative estimate of drug-likeness (QED) is 0.697. The van der Waals surface area contributed by atoms with Crippen molar-refractivity contribution in [2.24, 2.45) is 0 Å². The van der Waals surface area contributed by atoms with E-state index in [4.69, 9.17) is 0 Å². The van der Waals surface area contributed by atoms with Crippen molar-refractivity contribution >= 4 is 10.2 Å². The Labute approximate surface area is 116 Å². The Morgan fingerprint density at radius 2 is 2.05 bits per heavy atom. The van der Waals surface area contributed by atoms with Crippen molar-refractivity contribution < 1.29 is 8.42 Å². The van der Waals surface area contributed by atoms with Crippen LogP contribution in [0.2, 0.25) is 0 Å². The highest BCUT2D eigenvalue weighted by Crippen LogP contribution is 2.05. The Balaban J connectivity index is 2.50. The lowest BCUT2D eigenvalue weighted by Crippen LogP contribution is -2.38. The van der Waals surface area contributed by atoms with Crippen molar-refractivity contribution in [2.75, 3.05) is 27.2 Å². The zero-order valence-corrected chi connectivity index (χ0v) is 12.6. The van der Waals surface area contributed by atoms with E-state index in [2.05, 4.69) is 10.0 Å². The molecule has 0 saturated heterocycles. The van der Waals surface area contributed by atoms with E-state index in [-0.39, 0.29) is 0 Å². The molecular weight excluding hydrogens is 262 g/mol. The molecule has 0 unspecified atom stereocenters. The first-order valence-corrected chi connectivity index (χ1v) is 7.81. The standard InChI is InChI=1S/C13H23N3O2S/c1-12-6-4-7-13(10-12)11-15-19(17,18)16(3)9-5-8-14-2/h4,6-7,10,14-15H,5,8-9,11H2,1-3H3. The average Bonchev–Trinajstić information content (AvgIpc) is 2.37. The topological polar surface area (TPSA) is 61.4 Å². The highest BCUT2D eigenvalue weighted by molar-refractivity contribution is 7.87. The van der Waals surface area contributed by atoms with Gasteiger partial charge in [0.25, 0.3) is 10.2 Å². The maximum Gasteiger partial charge on any atom is 0.279 e. The smallest absolute Gasteiger partial charge is 0.279 e. The summed E-state index contributed by atoms with van der Waals surface area (Å²) in [6.07, 6.45) is 0.790. The highest BCUT2D eigenvalue weighted by atomic mass is 32.2. The summed E-state index contributed by atoms with van der Waals surface area (Å²) in [5, 5.41) is 3.00. The molecule has 19 heavy (non-hydrogen) atoms. The predicted molar refractivity (Wildman–Crippen MR) is 78.1 cm³/mol. The van der Waals surface area contributed by atoms with Crippen molar-refractivity contribution in [3.8, 4) is 0 Å². The summed E-state index contributed by atoms with van der Waals surface area (Å²) in [5.41, 5.74) is 2.09. The second-order valence-corrected chi connectivity index (χ2v) is 6.46. The summed E-state index contributed by atoms with van der Waals surface area (Å²) in [7, 11) is 0.0469. The van der Waals surface area contributed by atoms with Crippen LogP contribution >= 0.6 is 0 Å². The van der Waals surface area contributed by atoms with Crippen LogP contribution in [0.25, 0.3) is 0 Å². The second kappa shape index (κ2) is 7.59. The van der Waals surface area contributed by atoms with Crippen LogP contribution in [0.15, 0.2) is 24.3 Å². The molecule has 0 aromatic heterocycles. The van der Waals surface area contributed by atoms with Gasteiger partial charge in [0.2, 0.25) is 0 Å². The van der Waals surface area contributed by atoms with Crippen molar-refractivity contribution in [1.29, 1.82) is 0 Å². The lowest BCUT2D eigenvalue weighted by Gasteiger charge is -2.17. The normalized spacial score (nSPS) is 12.0. The monoisotopic (exact) mass is 285 g/mol. The zero-order chi connectivity index (χ0) is 14.3. The minimum absolute atomic E-state index is 0.320. The van der Waals surface area contributed by atoms with Crippen molar-refractivity contribution in [3.05, 3.63) is 35.4 Å². The molecule has 0 fully saturated rings. The number of hydrogen-bond acceptors (Lipinski definition) is 3. The van der Waals surface area contributed by atoms with Crippen LogP contribution < -0.4 is 10.0 Å². The summed E-state index contributed by atoms with van der Waals surface area (Å²) < 4.78 is 27.9.